The fraction of sp³-hybridized carbons (Fsp3) is 0.333. The molecule has 8 nitrogen and oxygen atoms in total. The Morgan fingerprint density at radius 2 is 2.00 bits per heavy atom. The summed E-state index contributed by atoms with van der Waals surface area (Å²) in [6, 6.07) is 5.99. The molecule has 0 aliphatic rings. The first-order valence-electron chi connectivity index (χ1n) is 7.24. The van der Waals surface area contributed by atoms with Crippen molar-refractivity contribution in [3.8, 4) is 11.3 Å². The molecule has 0 saturated heterocycles. The van der Waals surface area contributed by atoms with Crippen LogP contribution in [0.25, 0.3) is 11.3 Å². The Morgan fingerprint density at radius 1 is 1.30 bits per heavy atom. The van der Waals surface area contributed by atoms with Gasteiger partial charge in [0, 0.05) is 37.5 Å². The number of aromatic nitrogens is 2. The number of carbonyl (C=O) groups is 1. The van der Waals surface area contributed by atoms with Crippen LogP contribution in [0.5, 0.6) is 0 Å². The highest BCUT2D eigenvalue weighted by Crippen LogP contribution is 2.24. The topological polar surface area (TPSA) is 102 Å². The van der Waals surface area contributed by atoms with Gasteiger partial charge in [0.2, 0.25) is 0 Å². The summed E-state index contributed by atoms with van der Waals surface area (Å²) in [6.45, 7) is 1.39. The van der Waals surface area contributed by atoms with Crippen molar-refractivity contribution in [3.05, 3.63) is 46.1 Å². The lowest BCUT2D eigenvalue weighted by molar-refractivity contribution is -0.384. The zero-order valence-corrected chi connectivity index (χ0v) is 13.1. The Hall–Kier alpha value is -2.74. The van der Waals surface area contributed by atoms with Gasteiger partial charge in [0.05, 0.1) is 10.5 Å². The number of nitro benzene ring substituents is 1. The summed E-state index contributed by atoms with van der Waals surface area (Å²) in [5.74, 6) is -0.206. The van der Waals surface area contributed by atoms with Gasteiger partial charge in [-0.25, -0.2) is 0 Å². The summed E-state index contributed by atoms with van der Waals surface area (Å²) in [7, 11) is 3.59. The number of amides is 1. The van der Waals surface area contributed by atoms with Crippen LogP contribution in [0, 0.1) is 10.1 Å². The van der Waals surface area contributed by atoms with Crippen molar-refractivity contribution in [2.24, 2.45) is 7.05 Å². The van der Waals surface area contributed by atoms with E-state index in [9.17, 15) is 14.9 Å². The van der Waals surface area contributed by atoms with E-state index < -0.39 is 4.92 Å². The fourth-order valence-electron chi connectivity index (χ4n) is 2.17. The number of nitrogens with one attached hydrogen (secondary N) is 2. The largest absolute Gasteiger partial charge is 0.352 e. The highest BCUT2D eigenvalue weighted by Gasteiger charge is 2.17. The molecule has 1 amide bonds. The quantitative estimate of drug-likeness (QED) is 0.456. The lowest BCUT2D eigenvalue weighted by atomic mass is 10.1. The molecule has 0 aliphatic heterocycles. The lowest BCUT2D eigenvalue weighted by Gasteiger charge is -2.05. The molecule has 1 aromatic carbocycles. The van der Waals surface area contributed by atoms with Crippen LogP contribution in [-0.2, 0) is 7.05 Å². The second-order valence-corrected chi connectivity index (χ2v) is 5.08. The Morgan fingerprint density at radius 3 is 2.61 bits per heavy atom. The average Bonchev–Trinajstić information content (AvgIpc) is 2.93. The van der Waals surface area contributed by atoms with Crippen molar-refractivity contribution in [2.45, 2.75) is 6.42 Å². The van der Waals surface area contributed by atoms with Gasteiger partial charge in [0.15, 0.2) is 0 Å². The molecule has 0 fully saturated rings. The number of aryl methyl sites for hydroxylation is 1. The third kappa shape index (κ3) is 4.13. The minimum Gasteiger partial charge on any atom is -0.352 e. The molecule has 0 atom stereocenters. The van der Waals surface area contributed by atoms with Crippen LogP contribution in [0.15, 0.2) is 30.5 Å². The van der Waals surface area contributed by atoms with Gasteiger partial charge in [-0.15, -0.1) is 0 Å². The maximum absolute atomic E-state index is 12.3. The SMILES string of the molecule is CNCCCNC(=O)c1cn(C)nc1-c1ccc([N+](=O)[O-])cc1. The van der Waals surface area contributed by atoms with E-state index in [1.165, 1.54) is 12.1 Å². The molecule has 2 rings (SSSR count). The summed E-state index contributed by atoms with van der Waals surface area (Å²) < 4.78 is 1.55. The van der Waals surface area contributed by atoms with E-state index in [-0.39, 0.29) is 11.6 Å². The van der Waals surface area contributed by atoms with E-state index in [2.05, 4.69) is 15.7 Å². The van der Waals surface area contributed by atoms with Crippen LogP contribution in [0.1, 0.15) is 16.8 Å². The molecule has 23 heavy (non-hydrogen) atoms. The molecule has 0 aliphatic carbocycles. The standard InChI is InChI=1S/C15H19N5O3/c1-16-8-3-9-17-15(21)13-10-19(2)18-14(13)11-4-6-12(7-5-11)20(22)23/h4-7,10,16H,3,8-9H2,1-2H3,(H,17,21). The second kappa shape index (κ2) is 7.50. The Bertz CT molecular complexity index is 694. The van der Waals surface area contributed by atoms with Gasteiger partial charge in [0.25, 0.3) is 11.6 Å². The van der Waals surface area contributed by atoms with Gasteiger partial charge in [-0.2, -0.15) is 5.10 Å². The highest BCUT2D eigenvalue weighted by molar-refractivity contribution is 5.99. The zero-order chi connectivity index (χ0) is 16.8. The Balaban J connectivity index is 2.19. The number of benzene rings is 1. The molecule has 0 bridgehead atoms. The monoisotopic (exact) mass is 317 g/mol. The van der Waals surface area contributed by atoms with Gasteiger partial charge >= 0.3 is 0 Å². The van der Waals surface area contributed by atoms with Crippen molar-refractivity contribution in [3.63, 3.8) is 0 Å². The fourth-order valence-corrected chi connectivity index (χ4v) is 2.17. The third-order valence-electron chi connectivity index (χ3n) is 3.31. The maximum Gasteiger partial charge on any atom is 0.269 e. The first kappa shape index (κ1) is 16.6. The molecular formula is C15H19N5O3. The van der Waals surface area contributed by atoms with Crippen LogP contribution in [0.2, 0.25) is 0 Å². The number of rotatable bonds is 7. The number of nitrogens with zero attached hydrogens (tertiary/aromatic N) is 3. The maximum atomic E-state index is 12.3. The number of nitro groups is 1. The van der Waals surface area contributed by atoms with Crippen LogP contribution in [-0.4, -0.2) is 40.7 Å². The van der Waals surface area contributed by atoms with E-state index >= 15 is 0 Å². The van der Waals surface area contributed by atoms with Crippen LogP contribution < -0.4 is 10.6 Å². The molecule has 0 radical (unpaired) electrons. The van der Waals surface area contributed by atoms with Crippen LogP contribution in [0.3, 0.4) is 0 Å². The summed E-state index contributed by atoms with van der Waals surface area (Å²) in [4.78, 5) is 22.6. The van der Waals surface area contributed by atoms with Crippen LogP contribution >= 0.6 is 0 Å². The van der Waals surface area contributed by atoms with Crippen molar-refractivity contribution >= 4 is 11.6 Å². The van der Waals surface area contributed by atoms with Gasteiger partial charge in [0.1, 0.15) is 5.69 Å². The number of carbonyl (C=O) groups excluding carboxylic acids is 1. The highest BCUT2D eigenvalue weighted by atomic mass is 16.6. The Kier molecular flexibility index (Phi) is 5.42. The minimum absolute atomic E-state index is 0.00254. The minimum atomic E-state index is -0.461. The summed E-state index contributed by atoms with van der Waals surface area (Å²) in [5.41, 5.74) is 1.62. The zero-order valence-electron chi connectivity index (χ0n) is 13.1. The van der Waals surface area contributed by atoms with Crippen molar-refractivity contribution in [2.75, 3.05) is 20.1 Å². The van der Waals surface area contributed by atoms with E-state index in [4.69, 9.17) is 0 Å². The predicted octanol–water partition coefficient (Wildman–Crippen LogP) is 1.33. The van der Waals surface area contributed by atoms with E-state index in [1.54, 1.807) is 30.1 Å². The molecule has 1 aromatic heterocycles. The molecule has 0 unspecified atom stereocenters. The van der Waals surface area contributed by atoms with Gasteiger partial charge in [-0.05, 0) is 32.1 Å². The van der Waals surface area contributed by atoms with Crippen molar-refractivity contribution in [1.29, 1.82) is 0 Å². The average molecular weight is 317 g/mol. The molecule has 0 spiro atoms. The smallest absolute Gasteiger partial charge is 0.269 e. The van der Waals surface area contributed by atoms with E-state index in [1.807, 2.05) is 7.05 Å². The molecule has 122 valence electrons. The van der Waals surface area contributed by atoms with E-state index in [0.29, 0.717) is 23.4 Å². The second-order valence-electron chi connectivity index (χ2n) is 5.08. The van der Waals surface area contributed by atoms with Crippen molar-refractivity contribution < 1.29 is 9.72 Å². The Labute approximate surface area is 133 Å². The molecule has 1 heterocycles. The molecular weight excluding hydrogens is 298 g/mol. The van der Waals surface area contributed by atoms with Crippen molar-refractivity contribution in [1.82, 2.24) is 20.4 Å². The van der Waals surface area contributed by atoms with Gasteiger partial charge in [-0.1, -0.05) is 0 Å². The molecule has 0 saturated carbocycles. The third-order valence-corrected chi connectivity index (χ3v) is 3.31. The summed E-state index contributed by atoms with van der Waals surface area (Å²) in [5, 5.41) is 20.9. The van der Waals surface area contributed by atoms with Gasteiger partial charge in [-0.3, -0.25) is 19.6 Å². The lowest BCUT2D eigenvalue weighted by Crippen LogP contribution is -2.26. The number of non-ortho nitro benzene ring substituents is 1. The summed E-state index contributed by atoms with van der Waals surface area (Å²) in [6.07, 6.45) is 2.47. The molecule has 2 N–H and O–H groups in total. The predicted molar refractivity (Wildman–Crippen MR) is 86.2 cm³/mol. The first-order valence-corrected chi connectivity index (χ1v) is 7.24. The number of hydrogen-bond acceptors (Lipinski definition) is 5. The van der Waals surface area contributed by atoms with Gasteiger partial charge < -0.3 is 10.6 Å². The number of hydrogen-bond donors (Lipinski definition) is 2. The normalized spacial score (nSPS) is 10.5. The van der Waals surface area contributed by atoms with Crippen LogP contribution in [0.4, 0.5) is 5.69 Å². The molecule has 8 heteroatoms. The van der Waals surface area contributed by atoms with E-state index in [0.717, 1.165) is 13.0 Å². The first-order chi connectivity index (χ1) is 11.0. The summed E-state index contributed by atoms with van der Waals surface area (Å²) >= 11 is 0. The molecule has 2 aromatic rings.